The molecule has 1 atom stereocenters. The Balaban J connectivity index is 1.29. The Kier molecular flexibility index (Phi) is 10.3. The number of nitrogens with one attached hydrogen (secondary N) is 1. The molecule has 0 aliphatic carbocycles. The van der Waals surface area contributed by atoms with Crippen molar-refractivity contribution in [3.05, 3.63) is 88.4 Å². The van der Waals surface area contributed by atoms with Crippen LogP contribution in [0.15, 0.2) is 71.6 Å². The van der Waals surface area contributed by atoms with Gasteiger partial charge in [0.15, 0.2) is 0 Å². The van der Waals surface area contributed by atoms with Crippen LogP contribution in [0.4, 0.5) is 0 Å². The zero-order valence-electron chi connectivity index (χ0n) is 25.5. The number of carbonyl (C=O) groups excluding carboxylic acids is 1. The summed E-state index contributed by atoms with van der Waals surface area (Å²) >= 11 is 2.99. The van der Waals surface area contributed by atoms with Gasteiger partial charge in [-0.1, -0.05) is 77.6 Å². The van der Waals surface area contributed by atoms with Crippen LogP contribution in [0.3, 0.4) is 0 Å². The molecule has 4 aromatic rings. The van der Waals surface area contributed by atoms with Crippen LogP contribution in [0.2, 0.25) is 0 Å². The molecule has 42 heavy (non-hydrogen) atoms. The van der Waals surface area contributed by atoms with Gasteiger partial charge >= 0.3 is 0 Å². The molecule has 5 nitrogen and oxygen atoms in total. The van der Waals surface area contributed by atoms with E-state index in [4.69, 9.17) is 4.74 Å². The van der Waals surface area contributed by atoms with Crippen LogP contribution < -0.4 is 10.1 Å². The third-order valence-electron chi connectivity index (χ3n) is 8.14. The quantitative estimate of drug-likeness (QED) is 0.122. The number of benzene rings is 3. The van der Waals surface area contributed by atoms with Crippen LogP contribution in [0, 0.1) is 11.3 Å². The van der Waals surface area contributed by atoms with Crippen molar-refractivity contribution in [2.45, 2.75) is 81.8 Å². The van der Waals surface area contributed by atoms with Crippen molar-refractivity contribution in [2.24, 2.45) is 0 Å². The topological polar surface area (TPSA) is 75.0 Å². The largest absolute Gasteiger partial charge is 0.493 e. The van der Waals surface area contributed by atoms with E-state index in [1.165, 1.54) is 22.9 Å². The Morgan fingerprint density at radius 2 is 1.74 bits per heavy atom. The standard InChI is InChI=1S/C35H41N3O2S2/c1-7-34(3,4)25-16-19-29(27(22-25)35(5,6)8-2)40-21-11-20-37-32(39)24-14-17-26(18-15-24)41-31(23-36)33-38-28-12-9-10-13-30(28)42-33/h9-10,12-19,22,31H,7-8,11,20-21H2,1-6H3,(H,37,39). The number of thiazole rings is 1. The van der Waals surface area contributed by atoms with Gasteiger partial charge in [-0.3, -0.25) is 4.79 Å². The van der Waals surface area contributed by atoms with Gasteiger partial charge in [0.05, 0.1) is 22.9 Å². The van der Waals surface area contributed by atoms with Gasteiger partial charge in [-0.05, 0) is 78.1 Å². The molecule has 0 fully saturated rings. The molecule has 220 valence electrons. The highest BCUT2D eigenvalue weighted by atomic mass is 32.2. The number of hydrogen-bond acceptors (Lipinski definition) is 6. The number of fused-ring (bicyclic) bond motifs is 1. The lowest BCUT2D eigenvalue weighted by Crippen LogP contribution is -2.26. The monoisotopic (exact) mass is 599 g/mol. The second-order valence-electron chi connectivity index (χ2n) is 11.8. The van der Waals surface area contributed by atoms with E-state index < -0.39 is 5.25 Å². The van der Waals surface area contributed by atoms with E-state index in [1.54, 1.807) is 23.5 Å². The van der Waals surface area contributed by atoms with Crippen molar-refractivity contribution in [3.63, 3.8) is 0 Å². The van der Waals surface area contributed by atoms with Gasteiger partial charge in [-0.15, -0.1) is 11.3 Å². The minimum absolute atomic E-state index is 0.00940. The minimum atomic E-state index is -0.403. The first-order valence-electron chi connectivity index (χ1n) is 14.7. The number of rotatable bonds is 13. The first-order chi connectivity index (χ1) is 20.1. The number of nitrogens with zero attached hydrogens (tertiary/aromatic N) is 2. The molecule has 0 spiro atoms. The molecule has 1 amide bonds. The van der Waals surface area contributed by atoms with Crippen molar-refractivity contribution >= 4 is 39.2 Å². The third kappa shape index (κ3) is 7.53. The Bertz CT molecular complexity index is 1520. The molecule has 1 unspecified atom stereocenters. The zero-order chi connectivity index (χ0) is 30.3. The fourth-order valence-electron chi connectivity index (χ4n) is 4.51. The summed E-state index contributed by atoms with van der Waals surface area (Å²) in [7, 11) is 0. The number of nitriles is 1. The van der Waals surface area contributed by atoms with E-state index in [0.29, 0.717) is 25.1 Å². The molecular weight excluding hydrogens is 559 g/mol. The van der Waals surface area contributed by atoms with Crippen molar-refractivity contribution in [1.82, 2.24) is 10.3 Å². The summed E-state index contributed by atoms with van der Waals surface area (Å²) in [5.74, 6) is 0.812. The van der Waals surface area contributed by atoms with Crippen LogP contribution >= 0.6 is 23.1 Å². The minimum Gasteiger partial charge on any atom is -0.493 e. The van der Waals surface area contributed by atoms with Crippen LogP contribution in [-0.2, 0) is 10.8 Å². The zero-order valence-corrected chi connectivity index (χ0v) is 27.1. The molecule has 1 N–H and O–H groups in total. The lowest BCUT2D eigenvalue weighted by atomic mass is 9.76. The van der Waals surface area contributed by atoms with E-state index in [-0.39, 0.29) is 16.7 Å². The van der Waals surface area contributed by atoms with Crippen LogP contribution in [-0.4, -0.2) is 24.0 Å². The number of amides is 1. The summed E-state index contributed by atoms with van der Waals surface area (Å²) in [6.45, 7) is 14.6. The Hall–Kier alpha value is -3.34. The molecule has 0 aliphatic heterocycles. The molecule has 0 aliphatic rings. The highest BCUT2D eigenvalue weighted by molar-refractivity contribution is 7.99. The second-order valence-corrected chi connectivity index (χ2v) is 14.1. The molecule has 1 heterocycles. The average Bonchev–Trinajstić information content (AvgIpc) is 3.44. The molecule has 0 radical (unpaired) electrons. The molecule has 7 heteroatoms. The van der Waals surface area contributed by atoms with Gasteiger partial charge in [0.25, 0.3) is 5.91 Å². The number of ether oxygens (including phenoxy) is 1. The maximum Gasteiger partial charge on any atom is 0.251 e. The van der Waals surface area contributed by atoms with Gasteiger partial charge in [0.2, 0.25) is 0 Å². The van der Waals surface area contributed by atoms with Crippen LogP contribution in [0.25, 0.3) is 10.2 Å². The van der Waals surface area contributed by atoms with E-state index in [1.807, 2.05) is 36.4 Å². The van der Waals surface area contributed by atoms with Gasteiger partial charge < -0.3 is 10.1 Å². The highest BCUT2D eigenvalue weighted by Crippen LogP contribution is 2.39. The summed E-state index contributed by atoms with van der Waals surface area (Å²) in [5.41, 5.74) is 4.21. The first-order valence-corrected chi connectivity index (χ1v) is 16.4. The molecule has 3 aromatic carbocycles. The number of carbonyl (C=O) groups is 1. The van der Waals surface area contributed by atoms with E-state index in [9.17, 15) is 10.1 Å². The Morgan fingerprint density at radius 3 is 2.40 bits per heavy atom. The molecule has 0 saturated carbocycles. The first kappa shape index (κ1) is 31.6. The molecule has 0 saturated heterocycles. The smallest absolute Gasteiger partial charge is 0.251 e. The van der Waals surface area contributed by atoms with Crippen molar-refractivity contribution in [3.8, 4) is 11.8 Å². The molecule has 1 aromatic heterocycles. The summed E-state index contributed by atoms with van der Waals surface area (Å²) in [5, 5.41) is 13.2. The molecular formula is C35H41N3O2S2. The highest BCUT2D eigenvalue weighted by Gasteiger charge is 2.26. The van der Waals surface area contributed by atoms with Crippen LogP contribution in [0.1, 0.15) is 92.5 Å². The summed E-state index contributed by atoms with van der Waals surface area (Å²) in [4.78, 5) is 18.3. The average molecular weight is 600 g/mol. The Morgan fingerprint density at radius 1 is 1.02 bits per heavy atom. The summed E-state index contributed by atoms with van der Waals surface area (Å²) in [6, 6.07) is 24.3. The van der Waals surface area contributed by atoms with Gasteiger partial charge in [-0.25, -0.2) is 4.98 Å². The second kappa shape index (κ2) is 13.8. The van der Waals surface area contributed by atoms with E-state index in [2.05, 4.69) is 76.1 Å². The Labute approximate surface area is 258 Å². The van der Waals surface area contributed by atoms with Crippen molar-refractivity contribution < 1.29 is 9.53 Å². The maximum absolute atomic E-state index is 12.8. The summed E-state index contributed by atoms with van der Waals surface area (Å²) < 4.78 is 7.32. The van der Waals surface area contributed by atoms with Gasteiger partial charge in [0.1, 0.15) is 16.0 Å². The summed E-state index contributed by atoms with van der Waals surface area (Å²) in [6.07, 6.45) is 2.80. The third-order valence-corrected chi connectivity index (χ3v) is 10.5. The lowest BCUT2D eigenvalue weighted by Gasteiger charge is -2.30. The SMILES string of the molecule is CCC(C)(C)c1ccc(OCCCNC(=O)c2ccc(SC(C#N)c3nc4ccccc4s3)cc2)c(C(C)(C)CC)c1. The predicted molar refractivity (Wildman–Crippen MR) is 176 cm³/mol. The lowest BCUT2D eigenvalue weighted by molar-refractivity contribution is 0.0951. The van der Waals surface area contributed by atoms with Crippen molar-refractivity contribution in [2.75, 3.05) is 13.2 Å². The maximum atomic E-state index is 12.8. The van der Waals surface area contributed by atoms with E-state index in [0.717, 1.165) is 38.7 Å². The predicted octanol–water partition coefficient (Wildman–Crippen LogP) is 9.23. The fraction of sp³-hybridized carbons (Fsp3) is 0.400. The molecule has 4 rings (SSSR count). The number of para-hydroxylation sites is 1. The van der Waals surface area contributed by atoms with Crippen LogP contribution in [0.5, 0.6) is 5.75 Å². The number of aromatic nitrogens is 1. The normalized spacial score (nSPS) is 12.6. The molecule has 0 bridgehead atoms. The fourth-order valence-corrected chi connectivity index (χ4v) is 6.47. The van der Waals surface area contributed by atoms with Gasteiger partial charge in [-0.2, -0.15) is 5.26 Å². The van der Waals surface area contributed by atoms with Gasteiger partial charge in [0, 0.05) is 22.6 Å². The van der Waals surface area contributed by atoms with E-state index >= 15 is 0 Å². The number of thioether (sulfide) groups is 1. The van der Waals surface area contributed by atoms with Crippen molar-refractivity contribution in [1.29, 1.82) is 5.26 Å². The number of hydrogen-bond donors (Lipinski definition) is 1.